The number of anilines is 1. The van der Waals surface area contributed by atoms with Gasteiger partial charge in [0.25, 0.3) is 5.91 Å². The monoisotopic (exact) mass is 372 g/mol. The lowest BCUT2D eigenvalue weighted by molar-refractivity contribution is -0.856. The molecule has 0 spiro atoms. The number of quaternary nitrogens is 1. The molecule has 1 amide bonds. The van der Waals surface area contributed by atoms with Crippen LogP contribution in [0.15, 0.2) is 42.5 Å². The zero-order valence-electron chi connectivity index (χ0n) is 15.3. The lowest BCUT2D eigenvalue weighted by Crippen LogP contribution is -3.06. The molecule has 3 aromatic rings. The molecule has 0 bridgehead atoms. The van der Waals surface area contributed by atoms with Gasteiger partial charge in [0.05, 0.1) is 37.4 Å². The first-order valence-corrected chi connectivity index (χ1v) is 9.55. The summed E-state index contributed by atoms with van der Waals surface area (Å²) in [7, 11) is 4.08. The first kappa shape index (κ1) is 18.5. The minimum absolute atomic E-state index is 0.222. The Labute approximate surface area is 156 Å². The van der Waals surface area contributed by atoms with Crippen LogP contribution in [0.5, 0.6) is 0 Å². The predicted molar refractivity (Wildman–Crippen MR) is 105 cm³/mol. The summed E-state index contributed by atoms with van der Waals surface area (Å²) in [4.78, 5) is 20.6. The quantitative estimate of drug-likeness (QED) is 0.723. The van der Waals surface area contributed by atoms with Gasteiger partial charge in [-0.05, 0) is 42.3 Å². The Morgan fingerprint density at radius 1 is 1.23 bits per heavy atom. The van der Waals surface area contributed by atoms with Crippen molar-refractivity contribution in [3.63, 3.8) is 0 Å². The molecule has 0 saturated heterocycles. The molecule has 0 saturated carbocycles. The second-order valence-corrected chi connectivity index (χ2v) is 7.59. The average molecular weight is 372 g/mol. The fraction of sp³-hybridized carbons (Fsp3) is 0.300. The molecule has 0 unspecified atom stereocenters. The number of aryl methyl sites for hydroxylation is 1. The van der Waals surface area contributed by atoms with Crippen molar-refractivity contribution in [1.82, 2.24) is 4.98 Å². The Balaban J connectivity index is 1.98. The molecule has 4 nitrogen and oxygen atoms in total. The Bertz CT molecular complexity index is 922. The molecular formula is C20H23FN3OS+. The molecule has 0 radical (unpaired) electrons. The summed E-state index contributed by atoms with van der Waals surface area (Å²) in [6.45, 7) is 3.41. The minimum atomic E-state index is -0.411. The van der Waals surface area contributed by atoms with Crippen molar-refractivity contribution in [2.24, 2.45) is 0 Å². The number of hydrogen-bond acceptors (Lipinski definition) is 3. The number of amides is 1. The third-order valence-corrected chi connectivity index (χ3v) is 5.27. The lowest BCUT2D eigenvalue weighted by atomic mass is 10.2. The molecule has 0 aliphatic heterocycles. The van der Waals surface area contributed by atoms with E-state index in [0.29, 0.717) is 17.2 Å². The van der Waals surface area contributed by atoms with Crippen molar-refractivity contribution in [1.29, 1.82) is 0 Å². The van der Waals surface area contributed by atoms with Gasteiger partial charge in [-0.15, -0.1) is 0 Å². The van der Waals surface area contributed by atoms with E-state index in [2.05, 4.69) is 24.0 Å². The highest BCUT2D eigenvalue weighted by molar-refractivity contribution is 7.22. The standard InChI is InChI=1S/C20H22FN3OS/c1-4-14-8-9-17-18(12-14)26-20(22-17)24(11-10-23(2)3)19(25)15-6-5-7-16(21)13-15/h5-9,12-13H,4,10-11H2,1-3H3/p+1. The molecule has 0 fully saturated rings. The van der Waals surface area contributed by atoms with Crippen LogP contribution in [-0.4, -0.2) is 38.1 Å². The predicted octanol–water partition coefficient (Wildman–Crippen LogP) is 2.79. The highest BCUT2D eigenvalue weighted by Crippen LogP contribution is 2.30. The smallest absolute Gasteiger partial charge is 0.260 e. The van der Waals surface area contributed by atoms with E-state index in [4.69, 9.17) is 0 Å². The van der Waals surface area contributed by atoms with E-state index in [0.717, 1.165) is 23.2 Å². The summed E-state index contributed by atoms with van der Waals surface area (Å²) < 4.78 is 14.6. The van der Waals surface area contributed by atoms with Gasteiger partial charge in [0.2, 0.25) is 0 Å². The van der Waals surface area contributed by atoms with Crippen LogP contribution in [0.4, 0.5) is 9.52 Å². The second kappa shape index (κ2) is 7.93. The Hall–Kier alpha value is -2.31. The van der Waals surface area contributed by atoms with E-state index in [-0.39, 0.29) is 5.91 Å². The van der Waals surface area contributed by atoms with Gasteiger partial charge in [0.15, 0.2) is 5.13 Å². The van der Waals surface area contributed by atoms with Gasteiger partial charge in [-0.2, -0.15) is 0 Å². The minimum Gasteiger partial charge on any atom is -0.338 e. The summed E-state index contributed by atoms with van der Waals surface area (Å²) in [6.07, 6.45) is 0.957. The molecule has 136 valence electrons. The third-order valence-electron chi connectivity index (χ3n) is 4.23. The van der Waals surface area contributed by atoms with Gasteiger partial charge in [0.1, 0.15) is 5.82 Å². The number of fused-ring (bicyclic) bond motifs is 1. The van der Waals surface area contributed by atoms with Crippen LogP contribution < -0.4 is 9.80 Å². The summed E-state index contributed by atoms with van der Waals surface area (Å²) >= 11 is 1.50. The van der Waals surface area contributed by atoms with Gasteiger partial charge in [-0.25, -0.2) is 9.37 Å². The highest BCUT2D eigenvalue weighted by atomic mass is 32.1. The van der Waals surface area contributed by atoms with Crippen molar-refractivity contribution in [2.75, 3.05) is 32.1 Å². The van der Waals surface area contributed by atoms with Crippen LogP contribution in [0.25, 0.3) is 10.2 Å². The number of nitrogens with zero attached hydrogens (tertiary/aromatic N) is 2. The maximum Gasteiger partial charge on any atom is 0.260 e. The normalized spacial score (nSPS) is 11.3. The molecule has 3 rings (SSSR count). The third kappa shape index (κ3) is 4.08. The maximum atomic E-state index is 13.6. The zero-order valence-corrected chi connectivity index (χ0v) is 16.1. The number of nitrogens with one attached hydrogen (secondary N) is 1. The van der Waals surface area contributed by atoms with Crippen molar-refractivity contribution in [3.8, 4) is 0 Å². The molecule has 1 aromatic heterocycles. The highest BCUT2D eigenvalue weighted by Gasteiger charge is 2.22. The number of hydrogen-bond donors (Lipinski definition) is 1. The molecule has 6 heteroatoms. The summed E-state index contributed by atoms with van der Waals surface area (Å²) in [5, 5.41) is 0.656. The van der Waals surface area contributed by atoms with E-state index in [9.17, 15) is 9.18 Å². The average Bonchev–Trinajstić information content (AvgIpc) is 3.04. The second-order valence-electron chi connectivity index (χ2n) is 6.58. The van der Waals surface area contributed by atoms with Crippen LogP contribution in [-0.2, 0) is 6.42 Å². The van der Waals surface area contributed by atoms with Crippen LogP contribution in [0.3, 0.4) is 0 Å². The van der Waals surface area contributed by atoms with Crippen LogP contribution in [0.2, 0.25) is 0 Å². The van der Waals surface area contributed by atoms with Crippen molar-refractivity contribution in [2.45, 2.75) is 13.3 Å². The number of carbonyl (C=O) groups is 1. The number of aromatic nitrogens is 1. The Morgan fingerprint density at radius 2 is 2.04 bits per heavy atom. The van der Waals surface area contributed by atoms with Gasteiger partial charge in [0, 0.05) is 5.56 Å². The van der Waals surface area contributed by atoms with Crippen molar-refractivity contribution >= 4 is 32.6 Å². The fourth-order valence-corrected chi connectivity index (χ4v) is 3.74. The van der Waals surface area contributed by atoms with E-state index in [1.165, 1.54) is 33.9 Å². The Kier molecular flexibility index (Phi) is 5.64. The number of benzene rings is 2. The Morgan fingerprint density at radius 3 is 2.73 bits per heavy atom. The molecular weight excluding hydrogens is 349 g/mol. The van der Waals surface area contributed by atoms with E-state index < -0.39 is 5.82 Å². The van der Waals surface area contributed by atoms with E-state index >= 15 is 0 Å². The molecule has 2 aromatic carbocycles. The topological polar surface area (TPSA) is 37.6 Å². The van der Waals surface area contributed by atoms with Gasteiger partial charge >= 0.3 is 0 Å². The zero-order chi connectivity index (χ0) is 18.7. The van der Waals surface area contributed by atoms with Gasteiger partial charge in [-0.1, -0.05) is 30.4 Å². The molecule has 1 N–H and O–H groups in total. The first-order valence-electron chi connectivity index (χ1n) is 8.74. The van der Waals surface area contributed by atoms with Crippen molar-refractivity contribution in [3.05, 3.63) is 59.4 Å². The van der Waals surface area contributed by atoms with E-state index in [1.807, 2.05) is 20.2 Å². The molecule has 0 aliphatic rings. The molecule has 0 atom stereocenters. The van der Waals surface area contributed by atoms with E-state index in [1.54, 1.807) is 17.0 Å². The van der Waals surface area contributed by atoms with Crippen LogP contribution >= 0.6 is 11.3 Å². The van der Waals surface area contributed by atoms with Crippen molar-refractivity contribution < 1.29 is 14.1 Å². The van der Waals surface area contributed by atoms with Gasteiger partial charge in [-0.3, -0.25) is 9.69 Å². The number of thiazole rings is 1. The number of likely N-dealkylation sites (N-methyl/N-ethyl adjacent to an activating group) is 1. The largest absolute Gasteiger partial charge is 0.338 e. The van der Waals surface area contributed by atoms with Gasteiger partial charge < -0.3 is 4.90 Å². The molecule has 1 heterocycles. The fourth-order valence-electron chi connectivity index (χ4n) is 2.69. The molecule has 0 aliphatic carbocycles. The maximum absolute atomic E-state index is 13.6. The lowest BCUT2D eigenvalue weighted by Gasteiger charge is -2.20. The SMILES string of the molecule is CCc1ccc2nc(N(CC[NH+](C)C)C(=O)c3cccc(F)c3)sc2c1. The molecule has 26 heavy (non-hydrogen) atoms. The van der Waals surface area contributed by atoms with Crippen LogP contribution in [0.1, 0.15) is 22.8 Å². The summed E-state index contributed by atoms with van der Waals surface area (Å²) in [6, 6.07) is 12.0. The first-order chi connectivity index (χ1) is 12.5. The summed E-state index contributed by atoms with van der Waals surface area (Å²) in [5.74, 6) is -0.633. The summed E-state index contributed by atoms with van der Waals surface area (Å²) in [5.41, 5.74) is 2.47. The number of carbonyl (C=O) groups excluding carboxylic acids is 1. The van der Waals surface area contributed by atoms with Crippen LogP contribution in [0, 0.1) is 5.82 Å². The number of rotatable bonds is 6. The number of halogens is 1.